The molecule has 2 aromatic heterocycles. The molecule has 1 aromatic carbocycles. The van der Waals surface area contributed by atoms with Gasteiger partial charge in [-0.3, -0.25) is 9.69 Å². The summed E-state index contributed by atoms with van der Waals surface area (Å²) in [5.74, 6) is 1.76. The Bertz CT molecular complexity index is 1050. The van der Waals surface area contributed by atoms with E-state index in [9.17, 15) is 4.79 Å². The van der Waals surface area contributed by atoms with Crippen molar-refractivity contribution in [3.8, 4) is 22.8 Å². The fourth-order valence-corrected chi connectivity index (χ4v) is 4.00. The van der Waals surface area contributed by atoms with Gasteiger partial charge in [-0.2, -0.15) is 0 Å². The number of amides is 1. The quantitative estimate of drug-likeness (QED) is 0.509. The average Bonchev–Trinajstić information content (AvgIpc) is 3.42. The van der Waals surface area contributed by atoms with Crippen molar-refractivity contribution in [2.45, 2.75) is 19.5 Å². The van der Waals surface area contributed by atoms with E-state index in [1.54, 1.807) is 24.5 Å². The van der Waals surface area contributed by atoms with Crippen LogP contribution >= 0.6 is 0 Å². The summed E-state index contributed by atoms with van der Waals surface area (Å²) >= 11 is 0. The molecule has 3 heterocycles. The van der Waals surface area contributed by atoms with E-state index in [2.05, 4.69) is 21.1 Å². The Morgan fingerprint density at radius 3 is 2.84 bits per heavy atom. The highest BCUT2D eigenvalue weighted by atomic mass is 16.5. The largest absolute Gasteiger partial charge is 0.493 e. The first-order valence-electron chi connectivity index (χ1n) is 10.6. The Balaban J connectivity index is 1.57. The molecule has 3 aromatic rings. The molecule has 0 N–H and O–H groups in total. The molecule has 1 saturated heterocycles. The molecule has 168 valence electrons. The number of ether oxygens (including phenoxy) is 2. The molecule has 1 amide bonds. The highest BCUT2D eigenvalue weighted by Gasteiger charge is 2.27. The molecule has 1 atom stereocenters. The van der Waals surface area contributed by atoms with E-state index >= 15 is 0 Å². The van der Waals surface area contributed by atoms with Gasteiger partial charge >= 0.3 is 0 Å². The third kappa shape index (κ3) is 5.08. The summed E-state index contributed by atoms with van der Waals surface area (Å²) in [6, 6.07) is 11.9. The molecule has 0 spiro atoms. The van der Waals surface area contributed by atoms with Gasteiger partial charge in [0, 0.05) is 62.4 Å². The van der Waals surface area contributed by atoms with Crippen molar-refractivity contribution in [2.75, 3.05) is 34.4 Å². The second kappa shape index (κ2) is 9.82. The number of nitrogens with zero attached hydrogens (tertiary/aromatic N) is 4. The Morgan fingerprint density at radius 2 is 2.12 bits per heavy atom. The van der Waals surface area contributed by atoms with E-state index in [0.29, 0.717) is 32.0 Å². The molecule has 0 radical (unpaired) electrons. The number of carbonyl (C=O) groups is 1. The first-order chi connectivity index (χ1) is 15.5. The number of methoxy groups -OCH3 is 1. The molecule has 0 aliphatic carbocycles. The molecule has 1 fully saturated rings. The minimum atomic E-state index is 0.171. The van der Waals surface area contributed by atoms with Crippen LogP contribution in [-0.2, 0) is 17.9 Å². The lowest BCUT2D eigenvalue weighted by Gasteiger charge is -2.20. The lowest BCUT2D eigenvalue weighted by atomic mass is 10.0. The monoisotopic (exact) mass is 436 g/mol. The van der Waals surface area contributed by atoms with Crippen LogP contribution in [0.2, 0.25) is 0 Å². The summed E-state index contributed by atoms with van der Waals surface area (Å²) in [6.45, 7) is 2.54. The van der Waals surface area contributed by atoms with Crippen LogP contribution in [0.4, 0.5) is 0 Å². The first kappa shape index (κ1) is 21.8. The highest BCUT2D eigenvalue weighted by molar-refractivity contribution is 5.78. The van der Waals surface area contributed by atoms with E-state index in [-0.39, 0.29) is 11.8 Å². The summed E-state index contributed by atoms with van der Waals surface area (Å²) in [5, 5.41) is 4.00. The predicted molar refractivity (Wildman–Crippen MR) is 119 cm³/mol. The molecule has 4 rings (SSSR count). The van der Waals surface area contributed by atoms with E-state index in [1.807, 2.05) is 44.4 Å². The normalized spacial score (nSPS) is 16.1. The number of hydrogen-bond acceptors (Lipinski definition) is 7. The summed E-state index contributed by atoms with van der Waals surface area (Å²) in [4.78, 5) is 20.1. The zero-order chi connectivity index (χ0) is 22.5. The van der Waals surface area contributed by atoms with E-state index < -0.39 is 0 Å². The number of hydrogen-bond donors (Lipinski definition) is 0. The van der Waals surface area contributed by atoms with Crippen LogP contribution < -0.4 is 9.47 Å². The third-order valence-electron chi connectivity index (χ3n) is 5.60. The average molecular weight is 437 g/mol. The number of carbonyl (C=O) groups excluding carboxylic acids is 1. The molecule has 8 nitrogen and oxygen atoms in total. The summed E-state index contributed by atoms with van der Waals surface area (Å²) in [7, 11) is 5.49. The van der Waals surface area contributed by atoms with E-state index in [4.69, 9.17) is 14.0 Å². The molecule has 1 aliphatic rings. The Labute approximate surface area is 187 Å². The van der Waals surface area contributed by atoms with Gasteiger partial charge in [0.15, 0.2) is 0 Å². The molecular formula is C24H28N4O4. The second-order valence-electron chi connectivity index (χ2n) is 8.20. The minimum Gasteiger partial charge on any atom is -0.493 e. The first-order valence-corrected chi connectivity index (χ1v) is 10.6. The molecular weight excluding hydrogens is 408 g/mol. The smallest absolute Gasteiger partial charge is 0.222 e. The fourth-order valence-electron chi connectivity index (χ4n) is 4.00. The SMILES string of the molecule is COc1ncccc1-c1ccc(OCC2CC(=O)N(C)C2)c(CN(C)Cc2ccon2)c1. The van der Waals surface area contributed by atoms with E-state index in [1.165, 1.54) is 0 Å². The molecule has 1 aliphatic heterocycles. The van der Waals surface area contributed by atoms with Crippen LogP contribution in [0.25, 0.3) is 11.1 Å². The van der Waals surface area contributed by atoms with Gasteiger partial charge in [0.25, 0.3) is 0 Å². The Hall–Kier alpha value is -3.39. The van der Waals surface area contributed by atoms with E-state index in [0.717, 1.165) is 34.7 Å². The van der Waals surface area contributed by atoms with Crippen molar-refractivity contribution >= 4 is 5.91 Å². The Morgan fingerprint density at radius 1 is 1.25 bits per heavy atom. The van der Waals surface area contributed by atoms with Gasteiger partial charge in [0.05, 0.1) is 19.4 Å². The minimum absolute atomic E-state index is 0.171. The second-order valence-corrected chi connectivity index (χ2v) is 8.20. The molecule has 1 unspecified atom stereocenters. The van der Waals surface area contributed by atoms with Crippen LogP contribution in [0, 0.1) is 5.92 Å². The van der Waals surface area contributed by atoms with Crippen LogP contribution in [0.3, 0.4) is 0 Å². The number of aromatic nitrogens is 2. The van der Waals surface area contributed by atoms with Crippen LogP contribution in [-0.4, -0.2) is 60.2 Å². The van der Waals surface area contributed by atoms with Crippen LogP contribution in [0.1, 0.15) is 17.7 Å². The number of likely N-dealkylation sites (tertiary alicyclic amines) is 1. The number of rotatable bonds is 9. The predicted octanol–water partition coefficient (Wildman–Crippen LogP) is 3.23. The van der Waals surface area contributed by atoms with Gasteiger partial charge in [0.1, 0.15) is 12.0 Å². The van der Waals surface area contributed by atoms with Crippen molar-refractivity contribution in [1.29, 1.82) is 0 Å². The lowest BCUT2D eigenvalue weighted by Crippen LogP contribution is -2.21. The topological polar surface area (TPSA) is 80.9 Å². The molecule has 8 heteroatoms. The van der Waals surface area contributed by atoms with Gasteiger partial charge in [0.2, 0.25) is 11.8 Å². The zero-order valence-electron chi connectivity index (χ0n) is 18.7. The molecule has 32 heavy (non-hydrogen) atoms. The zero-order valence-corrected chi connectivity index (χ0v) is 18.7. The maximum atomic E-state index is 11.9. The van der Waals surface area contributed by atoms with Gasteiger partial charge in [-0.05, 0) is 36.9 Å². The Kier molecular flexibility index (Phi) is 6.70. The van der Waals surface area contributed by atoms with Crippen molar-refractivity contribution < 1.29 is 18.8 Å². The highest BCUT2D eigenvalue weighted by Crippen LogP contribution is 2.32. The maximum Gasteiger partial charge on any atom is 0.222 e. The third-order valence-corrected chi connectivity index (χ3v) is 5.60. The summed E-state index contributed by atoms with van der Waals surface area (Å²) in [6.07, 6.45) is 3.82. The summed E-state index contributed by atoms with van der Waals surface area (Å²) in [5.41, 5.74) is 3.83. The van der Waals surface area contributed by atoms with Gasteiger partial charge in [-0.15, -0.1) is 0 Å². The fraction of sp³-hybridized carbons (Fsp3) is 0.375. The van der Waals surface area contributed by atoms with Crippen molar-refractivity contribution in [3.05, 3.63) is 60.1 Å². The summed E-state index contributed by atoms with van der Waals surface area (Å²) < 4.78 is 16.6. The standard InChI is InChI=1S/C24H28N4O4/c1-27(15-20-8-10-32-26-20)14-19-12-18(21-5-4-9-25-24(21)30-3)6-7-22(19)31-16-17-11-23(29)28(2)13-17/h4-10,12,17H,11,13-16H2,1-3H3. The van der Waals surface area contributed by atoms with Crippen molar-refractivity contribution in [2.24, 2.45) is 5.92 Å². The number of pyridine rings is 1. The van der Waals surface area contributed by atoms with Crippen molar-refractivity contribution in [1.82, 2.24) is 19.9 Å². The molecule has 0 bridgehead atoms. The maximum absolute atomic E-state index is 11.9. The van der Waals surface area contributed by atoms with Crippen LogP contribution in [0.5, 0.6) is 11.6 Å². The molecule has 0 saturated carbocycles. The lowest BCUT2D eigenvalue weighted by molar-refractivity contribution is -0.126. The van der Waals surface area contributed by atoms with Gasteiger partial charge in [-0.1, -0.05) is 11.2 Å². The van der Waals surface area contributed by atoms with Gasteiger partial charge in [-0.25, -0.2) is 4.98 Å². The van der Waals surface area contributed by atoms with Crippen LogP contribution in [0.15, 0.2) is 53.4 Å². The number of benzene rings is 1. The van der Waals surface area contributed by atoms with Crippen molar-refractivity contribution in [3.63, 3.8) is 0 Å². The van der Waals surface area contributed by atoms with Gasteiger partial charge < -0.3 is 18.9 Å².